The van der Waals surface area contributed by atoms with Gasteiger partial charge in [-0.1, -0.05) is 6.07 Å². The largest absolute Gasteiger partial charge is 0.489 e. The Morgan fingerprint density at radius 2 is 1.84 bits per heavy atom. The van der Waals surface area contributed by atoms with E-state index in [0.717, 1.165) is 0 Å². The first-order chi connectivity index (χ1) is 15.2. The van der Waals surface area contributed by atoms with Crippen molar-refractivity contribution in [2.24, 2.45) is 5.73 Å². The molecule has 1 amide bonds. The molecule has 2 aromatic carbocycles. The topological polar surface area (TPSA) is 179 Å². The second-order valence-electron chi connectivity index (χ2n) is 7.31. The predicted molar refractivity (Wildman–Crippen MR) is 112 cm³/mol. The van der Waals surface area contributed by atoms with Crippen LogP contribution in [0.5, 0.6) is 11.5 Å². The zero-order valence-corrected chi connectivity index (χ0v) is 17.0. The van der Waals surface area contributed by atoms with Crippen molar-refractivity contribution in [3.05, 3.63) is 52.6 Å². The van der Waals surface area contributed by atoms with E-state index in [9.17, 15) is 24.3 Å². The van der Waals surface area contributed by atoms with E-state index in [-0.39, 0.29) is 41.2 Å². The number of hydrogen-bond acceptors (Lipinski definition) is 7. The third-order valence-electron chi connectivity index (χ3n) is 5.11. The number of fused-ring (bicyclic) bond motifs is 2. The second-order valence-corrected chi connectivity index (χ2v) is 7.31. The third kappa shape index (κ3) is 4.80. The highest BCUT2D eigenvalue weighted by molar-refractivity contribution is 5.99. The molecule has 6 N–H and O–H groups in total. The lowest BCUT2D eigenvalue weighted by atomic mass is 9.91. The number of ether oxygens (including phenoxy) is 2. The number of carbonyl (C=O) groups is 4. The molecule has 0 bridgehead atoms. The minimum Gasteiger partial charge on any atom is -0.489 e. The fourth-order valence-corrected chi connectivity index (χ4v) is 3.58. The Morgan fingerprint density at radius 1 is 1.09 bits per heavy atom. The first-order valence-corrected chi connectivity index (χ1v) is 9.83. The number of aryl methyl sites for hydroxylation is 1. The molecule has 1 unspecified atom stereocenters. The molecule has 0 fully saturated rings. The van der Waals surface area contributed by atoms with Crippen LogP contribution < -0.4 is 20.9 Å². The van der Waals surface area contributed by atoms with Crippen molar-refractivity contribution in [1.29, 1.82) is 0 Å². The van der Waals surface area contributed by atoms with Crippen LogP contribution in [0.2, 0.25) is 0 Å². The van der Waals surface area contributed by atoms with Crippen molar-refractivity contribution < 1.29 is 38.9 Å². The van der Waals surface area contributed by atoms with Gasteiger partial charge in [-0.3, -0.25) is 14.4 Å². The van der Waals surface area contributed by atoms with Gasteiger partial charge in [0.2, 0.25) is 0 Å². The van der Waals surface area contributed by atoms with Gasteiger partial charge in [0.25, 0.3) is 5.91 Å². The number of primary amides is 1. The summed E-state index contributed by atoms with van der Waals surface area (Å²) in [5.74, 6) is -5.89. The molecule has 0 aliphatic carbocycles. The molecule has 1 heterocycles. The summed E-state index contributed by atoms with van der Waals surface area (Å²) in [4.78, 5) is 47.9. The molecule has 0 saturated heterocycles. The number of esters is 1. The SMILES string of the molecule is NC(=O)c1ccc(C(CCC(=O)O)C(=O)O)c2c1OCCCc1cc(N)ccc1C(=O)O2. The Morgan fingerprint density at radius 3 is 2.50 bits per heavy atom. The van der Waals surface area contributed by atoms with Crippen molar-refractivity contribution in [2.75, 3.05) is 12.3 Å². The molecule has 10 nitrogen and oxygen atoms in total. The summed E-state index contributed by atoms with van der Waals surface area (Å²) in [6, 6.07) is 7.25. The summed E-state index contributed by atoms with van der Waals surface area (Å²) in [7, 11) is 0. The molecule has 1 atom stereocenters. The number of benzene rings is 2. The van der Waals surface area contributed by atoms with Crippen molar-refractivity contribution in [2.45, 2.75) is 31.6 Å². The van der Waals surface area contributed by atoms with Gasteiger partial charge >= 0.3 is 17.9 Å². The van der Waals surface area contributed by atoms with E-state index < -0.39 is 36.2 Å². The smallest absolute Gasteiger partial charge is 0.343 e. The van der Waals surface area contributed by atoms with Crippen molar-refractivity contribution in [3.63, 3.8) is 0 Å². The van der Waals surface area contributed by atoms with Gasteiger partial charge in [0.15, 0.2) is 11.5 Å². The summed E-state index contributed by atoms with van der Waals surface area (Å²) >= 11 is 0. The molecule has 0 saturated carbocycles. The van der Waals surface area contributed by atoms with Crippen LogP contribution >= 0.6 is 0 Å². The number of carboxylic acid groups (broad SMARTS) is 2. The van der Waals surface area contributed by atoms with Gasteiger partial charge in [0, 0.05) is 17.7 Å². The van der Waals surface area contributed by atoms with E-state index in [4.69, 9.17) is 26.0 Å². The normalized spacial score (nSPS) is 14.2. The van der Waals surface area contributed by atoms with Gasteiger partial charge < -0.3 is 31.2 Å². The lowest BCUT2D eigenvalue weighted by Gasteiger charge is -2.22. The van der Waals surface area contributed by atoms with Gasteiger partial charge in [-0.25, -0.2) is 4.79 Å². The monoisotopic (exact) mass is 442 g/mol. The van der Waals surface area contributed by atoms with Crippen LogP contribution in [0.1, 0.15) is 57.0 Å². The Bertz CT molecular complexity index is 1100. The quantitative estimate of drug-likeness (QED) is 0.295. The van der Waals surface area contributed by atoms with Gasteiger partial charge in [0.05, 0.1) is 23.7 Å². The molecule has 168 valence electrons. The Kier molecular flexibility index (Phi) is 6.62. The lowest BCUT2D eigenvalue weighted by Crippen LogP contribution is -2.22. The summed E-state index contributed by atoms with van der Waals surface area (Å²) < 4.78 is 11.3. The van der Waals surface area contributed by atoms with Crippen molar-refractivity contribution >= 4 is 29.5 Å². The highest BCUT2D eigenvalue weighted by Gasteiger charge is 2.31. The number of nitrogen functional groups attached to an aromatic ring is 1. The summed E-state index contributed by atoms with van der Waals surface area (Å²) in [5, 5.41) is 18.7. The third-order valence-corrected chi connectivity index (χ3v) is 5.11. The van der Waals surface area contributed by atoms with Crippen LogP contribution in [0, 0.1) is 0 Å². The molecule has 3 rings (SSSR count). The predicted octanol–water partition coefficient (Wildman–Crippen LogP) is 1.94. The highest BCUT2D eigenvalue weighted by Crippen LogP contribution is 2.41. The van der Waals surface area contributed by atoms with Crippen LogP contribution in [-0.4, -0.2) is 40.6 Å². The second kappa shape index (κ2) is 9.38. The molecule has 1 aliphatic rings. The van der Waals surface area contributed by atoms with E-state index >= 15 is 0 Å². The molecular weight excluding hydrogens is 420 g/mol. The van der Waals surface area contributed by atoms with Gasteiger partial charge in [0.1, 0.15) is 0 Å². The zero-order chi connectivity index (χ0) is 23.4. The molecule has 0 radical (unpaired) electrons. The molecule has 0 spiro atoms. The van der Waals surface area contributed by atoms with Crippen molar-refractivity contribution in [3.8, 4) is 11.5 Å². The van der Waals surface area contributed by atoms with Crippen LogP contribution in [0.15, 0.2) is 30.3 Å². The average Bonchev–Trinajstić information content (AvgIpc) is 2.71. The molecule has 10 heteroatoms. The van der Waals surface area contributed by atoms with E-state index in [0.29, 0.717) is 24.1 Å². The Labute approximate surface area is 182 Å². The number of carbonyl (C=O) groups excluding carboxylic acids is 2. The van der Waals surface area contributed by atoms with Gasteiger partial charge in [-0.05, 0) is 49.1 Å². The molecule has 2 aromatic rings. The van der Waals surface area contributed by atoms with Gasteiger partial charge in [-0.2, -0.15) is 0 Å². The maximum atomic E-state index is 13.0. The van der Waals surface area contributed by atoms with E-state index in [2.05, 4.69) is 0 Å². The number of aliphatic carboxylic acids is 2. The number of amides is 1. The van der Waals surface area contributed by atoms with Crippen molar-refractivity contribution in [1.82, 2.24) is 0 Å². The fourth-order valence-electron chi connectivity index (χ4n) is 3.58. The molecule has 32 heavy (non-hydrogen) atoms. The minimum atomic E-state index is -1.33. The summed E-state index contributed by atoms with van der Waals surface area (Å²) in [5.41, 5.74) is 12.5. The van der Waals surface area contributed by atoms with Crippen LogP contribution in [0.25, 0.3) is 0 Å². The maximum Gasteiger partial charge on any atom is 0.343 e. The summed E-state index contributed by atoms with van der Waals surface area (Å²) in [6.45, 7) is 0.120. The Balaban J connectivity index is 2.17. The standard InChI is InChI=1S/C22H22N2O8/c23-12-3-4-13-11(10-12)2-1-9-31-18-16(20(24)27)6-5-14(19(18)32-22(13)30)15(21(28)29)7-8-17(25)26/h3-6,10,15H,1-2,7-9,23H2,(H2,24,27)(H,25,26)(H,28,29). The molecule has 0 aromatic heterocycles. The first kappa shape index (κ1) is 22.6. The summed E-state index contributed by atoms with van der Waals surface area (Å²) in [6.07, 6.45) is 0.220. The minimum absolute atomic E-state index is 0.00432. The molecule has 1 aliphatic heterocycles. The highest BCUT2D eigenvalue weighted by atomic mass is 16.6. The number of hydrogen-bond donors (Lipinski definition) is 4. The van der Waals surface area contributed by atoms with Crippen LogP contribution in [0.3, 0.4) is 0 Å². The van der Waals surface area contributed by atoms with E-state index in [1.165, 1.54) is 24.3 Å². The van der Waals surface area contributed by atoms with Crippen LogP contribution in [-0.2, 0) is 16.0 Å². The zero-order valence-electron chi connectivity index (χ0n) is 17.0. The number of carboxylic acids is 2. The van der Waals surface area contributed by atoms with Crippen LogP contribution in [0.4, 0.5) is 5.69 Å². The Hall–Kier alpha value is -4.08. The number of nitrogens with two attached hydrogens (primary N) is 2. The average molecular weight is 442 g/mol. The van der Waals surface area contributed by atoms with Gasteiger partial charge in [-0.15, -0.1) is 0 Å². The first-order valence-electron chi connectivity index (χ1n) is 9.83. The molecular formula is C22H22N2O8. The van der Waals surface area contributed by atoms with E-state index in [1.807, 2.05) is 0 Å². The number of anilines is 1. The lowest BCUT2D eigenvalue weighted by molar-refractivity contribution is -0.140. The fraction of sp³-hybridized carbons (Fsp3) is 0.273. The maximum absolute atomic E-state index is 13.0. The number of rotatable bonds is 6. The van der Waals surface area contributed by atoms with E-state index in [1.54, 1.807) is 6.07 Å².